The van der Waals surface area contributed by atoms with Crippen molar-refractivity contribution < 1.29 is 0 Å². The van der Waals surface area contributed by atoms with Crippen molar-refractivity contribution in [3.63, 3.8) is 0 Å². The van der Waals surface area contributed by atoms with Crippen LogP contribution in [0.1, 0.15) is 22.7 Å². The van der Waals surface area contributed by atoms with Gasteiger partial charge in [0.05, 0.1) is 12.7 Å². The molecule has 5 aromatic carbocycles. The molecule has 0 aromatic heterocycles. The topological polar surface area (TPSA) is 6.48 Å². The predicted molar refractivity (Wildman–Crippen MR) is 164 cm³/mol. The Morgan fingerprint density at radius 3 is 1.47 bits per heavy atom. The molecule has 0 saturated heterocycles. The van der Waals surface area contributed by atoms with Crippen LogP contribution in [-0.4, -0.2) is 16.5 Å². The summed E-state index contributed by atoms with van der Waals surface area (Å²) in [6.45, 7) is 1.73. The quantitative estimate of drug-likeness (QED) is 0.196. The number of nitrogens with zero attached hydrogens (tertiary/aromatic N) is 2. The number of hydrogen-bond acceptors (Lipinski definition) is 2. The highest BCUT2D eigenvalue weighted by Gasteiger charge is 2.24. The Morgan fingerprint density at radius 1 is 0.474 bits per heavy atom. The summed E-state index contributed by atoms with van der Waals surface area (Å²) < 4.78 is 0. The lowest BCUT2D eigenvalue weighted by molar-refractivity contribution is 0.229. The van der Waals surface area contributed by atoms with Gasteiger partial charge in [0.25, 0.3) is 0 Å². The van der Waals surface area contributed by atoms with Crippen molar-refractivity contribution in [3.8, 4) is 22.3 Å². The summed E-state index contributed by atoms with van der Waals surface area (Å²) >= 11 is 0. The zero-order chi connectivity index (χ0) is 24.9. The van der Waals surface area contributed by atoms with Crippen molar-refractivity contribution in [2.75, 3.05) is 6.67 Å². The van der Waals surface area contributed by atoms with Gasteiger partial charge in [0.1, 0.15) is 0 Å². The molecule has 1 heterocycles. The normalized spacial score (nSPS) is 13.3. The van der Waals surface area contributed by atoms with E-state index in [4.69, 9.17) is 0 Å². The van der Waals surface area contributed by atoms with Crippen LogP contribution in [0.2, 0.25) is 0 Å². The van der Waals surface area contributed by atoms with Gasteiger partial charge in [-0.2, -0.15) is 0 Å². The zero-order valence-corrected chi connectivity index (χ0v) is 22.9. The number of hydrogen-bond donors (Lipinski definition) is 0. The lowest BCUT2D eigenvalue weighted by Crippen LogP contribution is -2.29. The SMILES string of the molecule is Br.C1=CN(C(c2ccccc2)c2ccc(-c3ccccc3)cc2)CN1Cc1ccc(-c2ccccc2)cc1. The van der Waals surface area contributed by atoms with E-state index in [0.717, 1.165) is 13.2 Å². The van der Waals surface area contributed by atoms with E-state index in [-0.39, 0.29) is 23.0 Å². The third kappa shape index (κ3) is 5.74. The van der Waals surface area contributed by atoms with Gasteiger partial charge in [0.2, 0.25) is 0 Å². The maximum atomic E-state index is 2.44. The first kappa shape index (κ1) is 25.6. The van der Waals surface area contributed by atoms with Gasteiger partial charge in [-0.25, -0.2) is 0 Å². The van der Waals surface area contributed by atoms with Crippen LogP contribution in [0, 0.1) is 0 Å². The minimum absolute atomic E-state index is 0. The highest BCUT2D eigenvalue weighted by Crippen LogP contribution is 2.33. The summed E-state index contributed by atoms with van der Waals surface area (Å²) in [6.07, 6.45) is 4.46. The van der Waals surface area contributed by atoms with Crippen LogP contribution in [-0.2, 0) is 6.54 Å². The molecule has 0 radical (unpaired) electrons. The second kappa shape index (κ2) is 12.0. The van der Waals surface area contributed by atoms with E-state index >= 15 is 0 Å². The summed E-state index contributed by atoms with van der Waals surface area (Å²) in [7, 11) is 0. The lowest BCUT2D eigenvalue weighted by atomic mass is 9.95. The van der Waals surface area contributed by atoms with Gasteiger partial charge in [-0.3, -0.25) is 0 Å². The first-order valence-electron chi connectivity index (χ1n) is 12.9. The Labute approximate surface area is 236 Å². The van der Waals surface area contributed by atoms with Crippen LogP contribution in [0.15, 0.2) is 152 Å². The molecule has 1 atom stereocenters. The van der Waals surface area contributed by atoms with E-state index in [1.165, 1.54) is 38.9 Å². The summed E-state index contributed by atoms with van der Waals surface area (Å²) in [5.41, 5.74) is 8.91. The molecule has 5 aromatic rings. The van der Waals surface area contributed by atoms with Crippen LogP contribution in [0.4, 0.5) is 0 Å². The Balaban J connectivity index is 0.00000294. The van der Waals surface area contributed by atoms with Gasteiger partial charge in [-0.1, -0.05) is 140 Å². The second-order valence-corrected chi connectivity index (χ2v) is 9.56. The van der Waals surface area contributed by atoms with Crippen molar-refractivity contribution in [1.82, 2.24) is 9.80 Å². The minimum atomic E-state index is 0. The van der Waals surface area contributed by atoms with Gasteiger partial charge < -0.3 is 9.80 Å². The molecule has 6 rings (SSSR count). The molecule has 1 unspecified atom stereocenters. The molecule has 3 heteroatoms. The Kier molecular flexibility index (Phi) is 8.06. The average Bonchev–Trinajstić information content (AvgIpc) is 3.43. The number of benzene rings is 5. The molecule has 0 N–H and O–H groups in total. The van der Waals surface area contributed by atoms with Gasteiger partial charge in [-0.05, 0) is 38.9 Å². The van der Waals surface area contributed by atoms with Gasteiger partial charge in [-0.15, -0.1) is 17.0 Å². The molecule has 2 nitrogen and oxygen atoms in total. The fraction of sp³-hybridized carbons (Fsp3) is 0.0857. The fourth-order valence-corrected chi connectivity index (χ4v) is 5.12. The van der Waals surface area contributed by atoms with Crippen molar-refractivity contribution in [2.24, 2.45) is 0 Å². The maximum Gasteiger partial charge on any atom is 0.0906 e. The third-order valence-electron chi connectivity index (χ3n) is 7.04. The van der Waals surface area contributed by atoms with Crippen molar-refractivity contribution in [2.45, 2.75) is 12.6 Å². The van der Waals surface area contributed by atoms with E-state index in [2.05, 4.69) is 162 Å². The second-order valence-electron chi connectivity index (χ2n) is 9.56. The highest BCUT2D eigenvalue weighted by atomic mass is 79.9. The minimum Gasteiger partial charge on any atom is -0.354 e. The summed E-state index contributed by atoms with van der Waals surface area (Å²) in [4.78, 5) is 4.82. The third-order valence-corrected chi connectivity index (χ3v) is 7.04. The van der Waals surface area contributed by atoms with E-state index in [0.29, 0.717) is 0 Å². The molecule has 0 amide bonds. The molecule has 0 aliphatic carbocycles. The molecular formula is C35H31BrN2. The first-order chi connectivity index (χ1) is 18.3. The van der Waals surface area contributed by atoms with Gasteiger partial charge >= 0.3 is 0 Å². The molecule has 0 bridgehead atoms. The number of rotatable bonds is 7. The largest absolute Gasteiger partial charge is 0.354 e. The molecule has 1 aliphatic heterocycles. The first-order valence-corrected chi connectivity index (χ1v) is 12.9. The summed E-state index contributed by atoms with van der Waals surface area (Å²) in [5, 5.41) is 0. The van der Waals surface area contributed by atoms with E-state index in [1.807, 2.05) is 0 Å². The Bertz CT molecular complexity index is 1450. The smallest absolute Gasteiger partial charge is 0.0906 e. The van der Waals surface area contributed by atoms with Gasteiger partial charge in [0.15, 0.2) is 0 Å². The number of halogens is 1. The van der Waals surface area contributed by atoms with Crippen LogP contribution >= 0.6 is 17.0 Å². The van der Waals surface area contributed by atoms with Crippen molar-refractivity contribution >= 4 is 17.0 Å². The average molecular weight is 560 g/mol. The van der Waals surface area contributed by atoms with E-state index in [9.17, 15) is 0 Å². The van der Waals surface area contributed by atoms with E-state index in [1.54, 1.807) is 0 Å². The maximum absolute atomic E-state index is 2.44. The fourth-order valence-electron chi connectivity index (χ4n) is 5.12. The molecule has 38 heavy (non-hydrogen) atoms. The van der Waals surface area contributed by atoms with Crippen molar-refractivity contribution in [3.05, 3.63) is 169 Å². The molecule has 188 valence electrons. The van der Waals surface area contributed by atoms with E-state index < -0.39 is 0 Å². The Morgan fingerprint density at radius 2 is 0.921 bits per heavy atom. The van der Waals surface area contributed by atoms with Crippen LogP contribution < -0.4 is 0 Å². The Hall–Kier alpha value is -4.08. The summed E-state index contributed by atoms with van der Waals surface area (Å²) in [6, 6.07) is 50.1. The molecule has 1 aliphatic rings. The monoisotopic (exact) mass is 558 g/mol. The molecule has 0 fully saturated rings. The standard InChI is InChI=1S/C35H30N2.BrH/c1-4-10-29(11-5-1)31-18-16-28(17-19-31)26-36-24-25-37(27-36)35(33-14-8-3-9-15-33)34-22-20-32(21-23-34)30-12-6-2-7-13-30;/h1-25,35H,26-27H2;1H. The summed E-state index contributed by atoms with van der Waals surface area (Å²) in [5.74, 6) is 0. The highest BCUT2D eigenvalue weighted by molar-refractivity contribution is 8.93. The van der Waals surface area contributed by atoms with Crippen LogP contribution in [0.5, 0.6) is 0 Å². The van der Waals surface area contributed by atoms with Crippen LogP contribution in [0.25, 0.3) is 22.3 Å². The zero-order valence-electron chi connectivity index (χ0n) is 21.2. The van der Waals surface area contributed by atoms with Gasteiger partial charge in [0, 0.05) is 18.9 Å². The molecular weight excluding hydrogens is 528 g/mol. The van der Waals surface area contributed by atoms with Crippen LogP contribution in [0.3, 0.4) is 0 Å². The molecule has 0 saturated carbocycles. The predicted octanol–water partition coefficient (Wildman–Crippen LogP) is 8.93. The van der Waals surface area contributed by atoms with Crippen molar-refractivity contribution in [1.29, 1.82) is 0 Å². The lowest BCUT2D eigenvalue weighted by Gasteiger charge is -2.31. The molecule has 0 spiro atoms.